The molecular formula is C24H31ClN4O7S. The molecule has 0 unspecified atom stereocenters. The van der Waals surface area contributed by atoms with E-state index in [1.54, 1.807) is 31.2 Å². The number of anilines is 1. The molecule has 1 N–H and O–H groups in total. The number of methoxy groups -OCH3 is 1. The minimum Gasteiger partial charge on any atom is -0.495 e. The van der Waals surface area contributed by atoms with Crippen LogP contribution in [0.1, 0.15) is 32.8 Å². The van der Waals surface area contributed by atoms with Crippen molar-refractivity contribution in [3.63, 3.8) is 0 Å². The van der Waals surface area contributed by atoms with Crippen molar-refractivity contribution in [1.29, 1.82) is 0 Å². The molecule has 0 aromatic heterocycles. The Morgan fingerprint density at radius 1 is 1.16 bits per heavy atom. The molecule has 37 heavy (non-hydrogen) atoms. The van der Waals surface area contributed by atoms with Crippen LogP contribution in [0.15, 0.2) is 42.5 Å². The molecule has 2 aromatic carbocycles. The number of nitrogens with zero attached hydrogens (tertiary/aromatic N) is 3. The molecule has 13 heteroatoms. The third kappa shape index (κ3) is 8.05. The van der Waals surface area contributed by atoms with Gasteiger partial charge in [-0.15, -0.1) is 0 Å². The van der Waals surface area contributed by atoms with E-state index in [0.29, 0.717) is 17.0 Å². The van der Waals surface area contributed by atoms with Crippen LogP contribution in [0.3, 0.4) is 0 Å². The van der Waals surface area contributed by atoms with E-state index >= 15 is 0 Å². The minimum absolute atomic E-state index is 0.00519. The number of halogens is 1. The Balaban J connectivity index is 2.50. The van der Waals surface area contributed by atoms with Crippen molar-refractivity contribution < 1.29 is 27.7 Å². The number of rotatable bonds is 12. The molecule has 0 radical (unpaired) electrons. The zero-order valence-electron chi connectivity index (χ0n) is 21.3. The van der Waals surface area contributed by atoms with E-state index in [9.17, 15) is 28.1 Å². The van der Waals surface area contributed by atoms with Gasteiger partial charge in [0.1, 0.15) is 24.0 Å². The van der Waals surface area contributed by atoms with Gasteiger partial charge in [-0.3, -0.25) is 24.0 Å². The molecule has 0 bridgehead atoms. The Hall–Kier alpha value is -3.38. The van der Waals surface area contributed by atoms with Gasteiger partial charge in [-0.25, -0.2) is 8.42 Å². The highest BCUT2D eigenvalue weighted by atomic mass is 35.5. The Morgan fingerprint density at radius 3 is 2.30 bits per heavy atom. The summed E-state index contributed by atoms with van der Waals surface area (Å²) in [5.41, 5.74) is 0.117. The van der Waals surface area contributed by atoms with Crippen LogP contribution >= 0.6 is 11.6 Å². The Bertz CT molecular complexity index is 1240. The fraction of sp³-hybridized carbons (Fsp3) is 0.417. The van der Waals surface area contributed by atoms with Crippen molar-refractivity contribution >= 4 is 44.8 Å². The van der Waals surface area contributed by atoms with Crippen LogP contribution in [0, 0.1) is 10.1 Å². The van der Waals surface area contributed by atoms with Crippen LogP contribution in [0.25, 0.3) is 0 Å². The molecule has 0 saturated heterocycles. The number of carbonyl (C=O) groups is 2. The molecule has 0 heterocycles. The standard InChI is InChI=1S/C24H31ClN4O7S/c1-6-16(2)26-24(31)17(3)27(14-18-7-9-19(25)10-8-18)23(30)15-28(37(5,34)35)21-13-20(29(32)33)11-12-22(21)36-4/h7-13,16-17H,6,14-15H2,1-5H3,(H,26,31)/t16-,17-/m1/s1. The van der Waals surface area contributed by atoms with E-state index in [1.165, 1.54) is 24.1 Å². The quantitative estimate of drug-likeness (QED) is 0.313. The summed E-state index contributed by atoms with van der Waals surface area (Å²) in [6.45, 7) is 4.56. The first-order valence-electron chi connectivity index (χ1n) is 11.4. The average Bonchev–Trinajstić information content (AvgIpc) is 2.85. The van der Waals surface area contributed by atoms with Gasteiger partial charge in [0.15, 0.2) is 0 Å². The van der Waals surface area contributed by atoms with E-state index in [1.807, 2.05) is 13.8 Å². The first-order valence-corrected chi connectivity index (χ1v) is 13.7. The second kappa shape index (κ2) is 12.7. The molecule has 202 valence electrons. The summed E-state index contributed by atoms with van der Waals surface area (Å²) < 4.78 is 31.5. The topological polar surface area (TPSA) is 139 Å². The number of benzene rings is 2. The number of hydrogen-bond acceptors (Lipinski definition) is 7. The number of ether oxygens (including phenoxy) is 1. The van der Waals surface area contributed by atoms with E-state index in [4.69, 9.17) is 16.3 Å². The molecule has 2 atom stereocenters. The van der Waals surface area contributed by atoms with Crippen LogP contribution in [-0.2, 0) is 26.2 Å². The third-order valence-corrected chi connectivity index (χ3v) is 7.13. The summed E-state index contributed by atoms with van der Waals surface area (Å²) in [6.07, 6.45) is 1.55. The smallest absolute Gasteiger partial charge is 0.271 e. The first-order chi connectivity index (χ1) is 17.3. The van der Waals surface area contributed by atoms with Gasteiger partial charge in [0, 0.05) is 29.7 Å². The van der Waals surface area contributed by atoms with Gasteiger partial charge in [-0.1, -0.05) is 30.7 Å². The van der Waals surface area contributed by atoms with Crippen LogP contribution in [0.4, 0.5) is 11.4 Å². The van der Waals surface area contributed by atoms with Crippen molar-refractivity contribution in [3.8, 4) is 5.75 Å². The highest BCUT2D eigenvalue weighted by Gasteiger charge is 2.32. The van der Waals surface area contributed by atoms with Crippen molar-refractivity contribution in [3.05, 3.63) is 63.2 Å². The average molecular weight is 555 g/mol. The molecule has 0 aliphatic rings. The molecule has 0 saturated carbocycles. The predicted octanol–water partition coefficient (Wildman–Crippen LogP) is 3.35. The number of sulfonamides is 1. The Kier molecular flexibility index (Phi) is 10.3. The van der Waals surface area contributed by atoms with Gasteiger partial charge in [0.05, 0.1) is 18.3 Å². The second-order valence-corrected chi connectivity index (χ2v) is 10.9. The number of nitro groups is 1. The maximum absolute atomic E-state index is 13.6. The summed E-state index contributed by atoms with van der Waals surface area (Å²) in [7, 11) is -2.82. The zero-order chi connectivity index (χ0) is 27.9. The summed E-state index contributed by atoms with van der Waals surface area (Å²) in [5.74, 6) is -1.08. The van der Waals surface area contributed by atoms with E-state index in [2.05, 4.69) is 5.32 Å². The molecule has 2 aromatic rings. The van der Waals surface area contributed by atoms with Crippen molar-refractivity contribution in [2.45, 2.75) is 45.8 Å². The predicted molar refractivity (Wildman–Crippen MR) is 141 cm³/mol. The van der Waals surface area contributed by atoms with Gasteiger partial charge >= 0.3 is 0 Å². The highest BCUT2D eigenvalue weighted by Crippen LogP contribution is 2.34. The zero-order valence-corrected chi connectivity index (χ0v) is 22.9. The van der Waals surface area contributed by atoms with Crippen molar-refractivity contribution in [1.82, 2.24) is 10.2 Å². The molecule has 0 spiro atoms. The van der Waals surface area contributed by atoms with Gasteiger partial charge in [-0.05, 0) is 44.0 Å². The van der Waals surface area contributed by atoms with Crippen molar-refractivity contribution in [2.75, 3.05) is 24.2 Å². The second-order valence-electron chi connectivity index (χ2n) is 8.52. The number of non-ortho nitro benzene ring substituents is 1. The molecule has 0 aliphatic heterocycles. The molecule has 2 amide bonds. The van der Waals surface area contributed by atoms with Crippen LogP contribution in [0.5, 0.6) is 5.75 Å². The SMILES string of the molecule is CC[C@@H](C)NC(=O)[C@@H](C)N(Cc1ccc(Cl)cc1)C(=O)CN(c1cc([N+](=O)[O-])ccc1OC)S(C)(=O)=O. The maximum atomic E-state index is 13.6. The lowest BCUT2D eigenvalue weighted by Gasteiger charge is -2.32. The van der Waals surface area contributed by atoms with Crippen molar-refractivity contribution in [2.24, 2.45) is 0 Å². The molecular weight excluding hydrogens is 524 g/mol. The largest absolute Gasteiger partial charge is 0.495 e. The maximum Gasteiger partial charge on any atom is 0.271 e. The molecule has 0 aliphatic carbocycles. The third-order valence-electron chi connectivity index (χ3n) is 5.76. The summed E-state index contributed by atoms with van der Waals surface area (Å²) in [6, 6.07) is 9.02. The summed E-state index contributed by atoms with van der Waals surface area (Å²) in [4.78, 5) is 38.4. The normalized spacial score (nSPS) is 12.8. The molecule has 0 fully saturated rings. The lowest BCUT2D eigenvalue weighted by atomic mass is 10.1. The number of carbonyl (C=O) groups excluding carboxylic acids is 2. The Labute approximate surface area is 221 Å². The fourth-order valence-corrected chi connectivity index (χ4v) is 4.39. The molecule has 2 rings (SSSR count). The number of nitrogens with one attached hydrogen (secondary N) is 1. The monoisotopic (exact) mass is 554 g/mol. The van der Waals surface area contributed by atoms with Gasteiger partial charge in [-0.2, -0.15) is 0 Å². The fourth-order valence-electron chi connectivity index (χ4n) is 3.42. The first kappa shape index (κ1) is 29.8. The lowest BCUT2D eigenvalue weighted by molar-refractivity contribution is -0.384. The summed E-state index contributed by atoms with van der Waals surface area (Å²) >= 11 is 5.97. The Morgan fingerprint density at radius 2 is 1.78 bits per heavy atom. The minimum atomic E-state index is -4.10. The highest BCUT2D eigenvalue weighted by molar-refractivity contribution is 7.92. The molecule has 11 nitrogen and oxygen atoms in total. The number of hydrogen-bond donors (Lipinski definition) is 1. The van der Waals surface area contributed by atoms with Crippen LogP contribution in [-0.4, -0.2) is 62.0 Å². The number of amides is 2. The van der Waals surface area contributed by atoms with Crippen LogP contribution in [0.2, 0.25) is 5.02 Å². The van der Waals surface area contributed by atoms with E-state index < -0.39 is 39.3 Å². The van der Waals surface area contributed by atoms with Gasteiger partial charge < -0.3 is 15.0 Å². The van der Waals surface area contributed by atoms with E-state index in [0.717, 1.165) is 16.6 Å². The lowest BCUT2D eigenvalue weighted by Crippen LogP contribution is -2.52. The summed E-state index contributed by atoms with van der Waals surface area (Å²) in [5, 5.41) is 14.7. The van der Waals surface area contributed by atoms with E-state index in [-0.39, 0.29) is 29.7 Å². The van der Waals surface area contributed by atoms with Crippen LogP contribution < -0.4 is 14.4 Å². The number of nitro benzene ring substituents is 1. The van der Waals surface area contributed by atoms with Gasteiger partial charge in [0.25, 0.3) is 5.69 Å². The van der Waals surface area contributed by atoms with Gasteiger partial charge in [0.2, 0.25) is 21.8 Å².